The Bertz CT molecular complexity index is 1090. The van der Waals surface area contributed by atoms with Gasteiger partial charge in [-0.3, -0.25) is 4.79 Å². The van der Waals surface area contributed by atoms with E-state index in [2.05, 4.69) is 69.2 Å². The summed E-state index contributed by atoms with van der Waals surface area (Å²) in [6.45, 7) is 10.7. The van der Waals surface area contributed by atoms with Crippen LogP contribution in [0.3, 0.4) is 0 Å². The molecule has 1 aliphatic carbocycles. The number of nitrogens with one attached hydrogen (secondary N) is 2. The number of aromatic nitrogens is 1. The zero-order chi connectivity index (χ0) is 21.5. The van der Waals surface area contributed by atoms with Gasteiger partial charge in [-0.2, -0.15) is 0 Å². The van der Waals surface area contributed by atoms with Crippen molar-refractivity contribution in [2.75, 3.05) is 6.61 Å². The van der Waals surface area contributed by atoms with Crippen molar-refractivity contribution in [1.29, 1.82) is 0 Å². The maximum absolute atomic E-state index is 12.6. The Morgan fingerprint density at radius 3 is 2.63 bits per heavy atom. The van der Waals surface area contributed by atoms with Gasteiger partial charge in [-0.1, -0.05) is 50.1 Å². The van der Waals surface area contributed by atoms with Crippen LogP contribution >= 0.6 is 0 Å². The molecule has 0 spiro atoms. The standard InChI is InChI=1S/C26H32N2O2/c1-16-6-10-22-20(12-16)19-9-8-18(14-23(19)28-22)27-25(29)15-30-24-11-7-17(2)13-21(24)26(3,4)5/h6-7,10-13,18,28H,8-9,14-15H2,1-5H3,(H,27,29). The van der Waals surface area contributed by atoms with Crippen LogP contribution in [0.25, 0.3) is 10.9 Å². The molecule has 2 N–H and O–H groups in total. The summed E-state index contributed by atoms with van der Waals surface area (Å²) >= 11 is 0. The van der Waals surface area contributed by atoms with Crippen LogP contribution in [0.2, 0.25) is 0 Å². The third-order valence-corrected chi connectivity index (χ3v) is 6.01. The lowest BCUT2D eigenvalue weighted by molar-refractivity contribution is -0.123. The predicted molar refractivity (Wildman–Crippen MR) is 122 cm³/mol. The molecule has 1 heterocycles. The van der Waals surface area contributed by atoms with Gasteiger partial charge in [0.05, 0.1) is 0 Å². The third kappa shape index (κ3) is 4.23. The van der Waals surface area contributed by atoms with Crippen LogP contribution in [-0.4, -0.2) is 23.5 Å². The molecule has 4 rings (SSSR count). The van der Waals surface area contributed by atoms with E-state index in [4.69, 9.17) is 4.74 Å². The quantitative estimate of drug-likeness (QED) is 0.633. The van der Waals surface area contributed by atoms with Gasteiger partial charge in [-0.05, 0) is 61.4 Å². The molecule has 3 aromatic rings. The zero-order valence-corrected chi connectivity index (χ0v) is 18.7. The number of aryl methyl sites for hydroxylation is 3. The van der Waals surface area contributed by atoms with Gasteiger partial charge in [0, 0.05) is 29.1 Å². The summed E-state index contributed by atoms with van der Waals surface area (Å²) in [7, 11) is 0. The van der Waals surface area contributed by atoms with Crippen LogP contribution in [0.5, 0.6) is 5.75 Å². The Labute approximate surface area is 179 Å². The molecule has 1 aromatic heterocycles. The molecule has 1 unspecified atom stereocenters. The molecule has 4 nitrogen and oxygen atoms in total. The van der Waals surface area contributed by atoms with E-state index in [9.17, 15) is 4.79 Å². The molecule has 0 bridgehead atoms. The molecule has 30 heavy (non-hydrogen) atoms. The first-order chi connectivity index (χ1) is 14.2. The first-order valence-corrected chi connectivity index (χ1v) is 10.8. The third-order valence-electron chi connectivity index (χ3n) is 6.01. The van der Waals surface area contributed by atoms with Crippen molar-refractivity contribution in [3.05, 3.63) is 64.3 Å². The summed E-state index contributed by atoms with van der Waals surface area (Å²) < 4.78 is 5.93. The maximum atomic E-state index is 12.6. The fraction of sp³-hybridized carbons (Fsp3) is 0.423. The molecular weight excluding hydrogens is 372 g/mol. The van der Waals surface area contributed by atoms with E-state index in [0.29, 0.717) is 0 Å². The van der Waals surface area contributed by atoms with Gasteiger partial charge in [0.25, 0.3) is 5.91 Å². The minimum absolute atomic E-state index is 0.0361. The van der Waals surface area contributed by atoms with E-state index in [1.54, 1.807) is 0 Å². The topological polar surface area (TPSA) is 54.1 Å². The second kappa shape index (κ2) is 7.82. The Kier molecular flexibility index (Phi) is 5.35. The number of rotatable bonds is 4. The lowest BCUT2D eigenvalue weighted by Crippen LogP contribution is -2.41. The van der Waals surface area contributed by atoms with Gasteiger partial charge in [0.2, 0.25) is 0 Å². The van der Waals surface area contributed by atoms with Crippen molar-refractivity contribution >= 4 is 16.8 Å². The van der Waals surface area contributed by atoms with Gasteiger partial charge >= 0.3 is 0 Å². The number of H-pyrrole nitrogens is 1. The van der Waals surface area contributed by atoms with Crippen LogP contribution < -0.4 is 10.1 Å². The van der Waals surface area contributed by atoms with E-state index in [0.717, 1.165) is 30.6 Å². The smallest absolute Gasteiger partial charge is 0.258 e. The second-order valence-corrected chi connectivity index (χ2v) is 9.68. The van der Waals surface area contributed by atoms with E-state index < -0.39 is 0 Å². The molecule has 0 saturated heterocycles. The number of fused-ring (bicyclic) bond motifs is 3. The number of carbonyl (C=O) groups is 1. The van der Waals surface area contributed by atoms with E-state index in [1.165, 1.54) is 33.3 Å². The lowest BCUT2D eigenvalue weighted by atomic mass is 9.85. The maximum Gasteiger partial charge on any atom is 0.258 e. The Morgan fingerprint density at radius 1 is 1.13 bits per heavy atom. The fourth-order valence-electron chi connectivity index (χ4n) is 4.44. The first kappa shape index (κ1) is 20.5. The molecule has 4 heteroatoms. The summed E-state index contributed by atoms with van der Waals surface area (Å²) in [5, 5.41) is 4.50. The van der Waals surface area contributed by atoms with E-state index in [-0.39, 0.29) is 24.0 Å². The summed E-state index contributed by atoms with van der Waals surface area (Å²) in [6, 6.07) is 12.8. The highest BCUT2D eigenvalue weighted by molar-refractivity contribution is 5.86. The van der Waals surface area contributed by atoms with Gasteiger partial charge in [-0.15, -0.1) is 0 Å². The van der Waals surface area contributed by atoms with Crippen molar-refractivity contribution in [2.45, 2.75) is 65.3 Å². The number of hydrogen-bond donors (Lipinski definition) is 2. The molecule has 158 valence electrons. The van der Waals surface area contributed by atoms with Crippen LogP contribution in [0, 0.1) is 13.8 Å². The molecule has 2 aromatic carbocycles. The number of benzene rings is 2. The average Bonchev–Trinajstić information content (AvgIpc) is 3.03. The molecule has 0 radical (unpaired) electrons. The van der Waals surface area contributed by atoms with Crippen molar-refractivity contribution in [3.8, 4) is 5.75 Å². The van der Waals surface area contributed by atoms with Crippen molar-refractivity contribution in [1.82, 2.24) is 10.3 Å². The van der Waals surface area contributed by atoms with Crippen LogP contribution in [0.1, 0.15) is 55.1 Å². The Hall–Kier alpha value is -2.75. The van der Waals surface area contributed by atoms with Gasteiger partial charge in [0.1, 0.15) is 5.75 Å². The summed E-state index contributed by atoms with van der Waals surface area (Å²) in [5.41, 5.74) is 7.42. The normalized spacial score (nSPS) is 16.4. The Morgan fingerprint density at radius 2 is 1.87 bits per heavy atom. The fourth-order valence-corrected chi connectivity index (χ4v) is 4.44. The van der Waals surface area contributed by atoms with Crippen molar-refractivity contribution < 1.29 is 9.53 Å². The van der Waals surface area contributed by atoms with Crippen LogP contribution in [0.15, 0.2) is 36.4 Å². The molecular formula is C26H32N2O2. The minimum Gasteiger partial charge on any atom is -0.483 e. The summed E-state index contributed by atoms with van der Waals surface area (Å²) in [4.78, 5) is 16.1. The molecule has 0 fully saturated rings. The minimum atomic E-state index is -0.0594. The molecule has 0 saturated carbocycles. The van der Waals surface area contributed by atoms with Crippen molar-refractivity contribution in [3.63, 3.8) is 0 Å². The SMILES string of the molecule is Cc1ccc(OCC(=O)NC2CCc3c([nH]c4ccc(C)cc34)C2)c(C(C)(C)C)c1. The lowest BCUT2D eigenvalue weighted by Gasteiger charge is -2.25. The molecule has 0 aliphatic heterocycles. The summed E-state index contributed by atoms with van der Waals surface area (Å²) in [6.07, 6.45) is 2.78. The zero-order valence-electron chi connectivity index (χ0n) is 18.7. The van der Waals surface area contributed by atoms with Crippen LogP contribution in [-0.2, 0) is 23.1 Å². The monoisotopic (exact) mass is 404 g/mol. The highest BCUT2D eigenvalue weighted by Crippen LogP contribution is 2.32. The van der Waals surface area contributed by atoms with Gasteiger partial charge in [-0.25, -0.2) is 0 Å². The van der Waals surface area contributed by atoms with Gasteiger partial charge in [0.15, 0.2) is 6.61 Å². The predicted octanol–water partition coefficient (Wildman–Crippen LogP) is 5.13. The average molecular weight is 405 g/mol. The largest absolute Gasteiger partial charge is 0.483 e. The van der Waals surface area contributed by atoms with Crippen molar-refractivity contribution in [2.24, 2.45) is 0 Å². The number of amides is 1. The van der Waals surface area contributed by atoms with E-state index >= 15 is 0 Å². The number of aromatic amines is 1. The van der Waals surface area contributed by atoms with E-state index in [1.807, 2.05) is 12.1 Å². The number of carbonyl (C=O) groups excluding carboxylic acids is 1. The highest BCUT2D eigenvalue weighted by Gasteiger charge is 2.24. The number of ether oxygens (including phenoxy) is 1. The van der Waals surface area contributed by atoms with Gasteiger partial charge < -0.3 is 15.0 Å². The summed E-state index contributed by atoms with van der Waals surface area (Å²) in [5.74, 6) is 0.732. The molecule has 1 atom stereocenters. The Balaban J connectivity index is 1.40. The second-order valence-electron chi connectivity index (χ2n) is 9.68. The molecule has 1 aliphatic rings. The highest BCUT2D eigenvalue weighted by atomic mass is 16.5. The molecule has 1 amide bonds. The first-order valence-electron chi connectivity index (χ1n) is 10.8. The number of hydrogen-bond acceptors (Lipinski definition) is 2. The van der Waals surface area contributed by atoms with Crippen LogP contribution in [0.4, 0.5) is 0 Å².